The first kappa shape index (κ1) is 17.7. The molecule has 1 aromatic rings. The average Bonchev–Trinajstić information content (AvgIpc) is 2.79. The van der Waals surface area contributed by atoms with Crippen molar-refractivity contribution in [1.82, 2.24) is 9.29 Å². The smallest absolute Gasteiger partial charge is 0.352 e. The van der Waals surface area contributed by atoms with E-state index in [1.807, 2.05) is 6.92 Å². The molecule has 0 saturated heterocycles. The summed E-state index contributed by atoms with van der Waals surface area (Å²) in [6.07, 6.45) is 5.76. The SMILES string of the molecule is CCCCC(CCC)NS(=O)(=O)c1cc(C(=O)O)n(C)c1. The molecule has 1 atom stereocenters. The highest BCUT2D eigenvalue weighted by Crippen LogP contribution is 2.16. The van der Waals surface area contributed by atoms with Crippen LogP contribution in [-0.4, -0.2) is 30.1 Å². The van der Waals surface area contributed by atoms with E-state index in [9.17, 15) is 13.2 Å². The van der Waals surface area contributed by atoms with Crippen LogP contribution < -0.4 is 4.72 Å². The van der Waals surface area contributed by atoms with Crippen LogP contribution in [0.5, 0.6) is 0 Å². The molecule has 0 bridgehead atoms. The summed E-state index contributed by atoms with van der Waals surface area (Å²) < 4.78 is 28.7. The van der Waals surface area contributed by atoms with Crippen molar-refractivity contribution in [2.24, 2.45) is 7.05 Å². The molecule has 1 heterocycles. The first-order valence-electron chi connectivity index (χ1n) is 7.23. The van der Waals surface area contributed by atoms with E-state index >= 15 is 0 Å². The van der Waals surface area contributed by atoms with Crippen LogP contribution in [0.1, 0.15) is 56.4 Å². The van der Waals surface area contributed by atoms with E-state index in [0.717, 1.165) is 32.1 Å². The molecule has 0 aliphatic rings. The number of carbonyl (C=O) groups is 1. The molecule has 2 N–H and O–H groups in total. The first-order chi connectivity index (χ1) is 9.81. The lowest BCUT2D eigenvalue weighted by Gasteiger charge is -2.17. The van der Waals surface area contributed by atoms with Crippen molar-refractivity contribution in [3.63, 3.8) is 0 Å². The van der Waals surface area contributed by atoms with E-state index in [1.54, 1.807) is 0 Å². The third kappa shape index (κ3) is 4.86. The molecule has 0 saturated carbocycles. The topological polar surface area (TPSA) is 88.4 Å². The number of aromatic carboxylic acids is 1. The van der Waals surface area contributed by atoms with Gasteiger partial charge in [-0.25, -0.2) is 17.9 Å². The molecule has 0 fully saturated rings. The Morgan fingerprint density at radius 1 is 1.33 bits per heavy atom. The number of carboxylic acids is 1. The van der Waals surface area contributed by atoms with E-state index in [2.05, 4.69) is 11.6 Å². The van der Waals surface area contributed by atoms with Gasteiger partial charge in [-0.2, -0.15) is 0 Å². The van der Waals surface area contributed by atoms with Crippen LogP contribution >= 0.6 is 0 Å². The van der Waals surface area contributed by atoms with Crippen molar-refractivity contribution in [1.29, 1.82) is 0 Å². The van der Waals surface area contributed by atoms with Gasteiger partial charge in [-0.3, -0.25) is 0 Å². The van der Waals surface area contributed by atoms with Crippen LogP contribution in [0, 0.1) is 0 Å². The molecular formula is C14H24N2O4S. The molecule has 0 spiro atoms. The van der Waals surface area contributed by atoms with Crippen LogP contribution in [0.15, 0.2) is 17.2 Å². The summed E-state index contributed by atoms with van der Waals surface area (Å²) in [6, 6.07) is 1.08. The van der Waals surface area contributed by atoms with Gasteiger partial charge in [0, 0.05) is 19.3 Å². The molecule has 120 valence electrons. The van der Waals surface area contributed by atoms with E-state index < -0.39 is 16.0 Å². The Morgan fingerprint density at radius 2 is 2.00 bits per heavy atom. The molecule has 1 unspecified atom stereocenters. The lowest BCUT2D eigenvalue weighted by Crippen LogP contribution is -2.34. The van der Waals surface area contributed by atoms with Gasteiger partial charge in [-0.15, -0.1) is 0 Å². The molecular weight excluding hydrogens is 292 g/mol. The predicted molar refractivity (Wildman–Crippen MR) is 80.9 cm³/mol. The lowest BCUT2D eigenvalue weighted by molar-refractivity contribution is 0.0686. The van der Waals surface area contributed by atoms with Gasteiger partial charge in [0.15, 0.2) is 0 Å². The molecule has 1 aromatic heterocycles. The largest absolute Gasteiger partial charge is 0.477 e. The number of unbranched alkanes of at least 4 members (excludes halogenated alkanes) is 1. The van der Waals surface area contributed by atoms with Crippen molar-refractivity contribution < 1.29 is 18.3 Å². The number of hydrogen-bond donors (Lipinski definition) is 2. The maximum Gasteiger partial charge on any atom is 0.352 e. The summed E-state index contributed by atoms with van der Waals surface area (Å²) in [4.78, 5) is 11.0. The number of aryl methyl sites for hydroxylation is 1. The Bertz CT molecular complexity index is 578. The van der Waals surface area contributed by atoms with Crippen molar-refractivity contribution in [2.45, 2.75) is 56.9 Å². The van der Waals surface area contributed by atoms with Gasteiger partial charge >= 0.3 is 5.97 Å². The summed E-state index contributed by atoms with van der Waals surface area (Å²) in [7, 11) is -2.16. The van der Waals surface area contributed by atoms with Gasteiger partial charge in [-0.05, 0) is 18.9 Å². The summed E-state index contributed by atoms with van der Waals surface area (Å²) >= 11 is 0. The molecule has 0 aliphatic heterocycles. The first-order valence-corrected chi connectivity index (χ1v) is 8.72. The Morgan fingerprint density at radius 3 is 2.48 bits per heavy atom. The normalized spacial score (nSPS) is 13.3. The summed E-state index contributed by atoms with van der Waals surface area (Å²) in [6.45, 7) is 4.08. The van der Waals surface area contributed by atoms with Crippen LogP contribution in [0.4, 0.5) is 0 Å². The van der Waals surface area contributed by atoms with Gasteiger partial charge in [-0.1, -0.05) is 33.1 Å². The number of aromatic nitrogens is 1. The number of nitrogens with one attached hydrogen (secondary N) is 1. The molecule has 7 heteroatoms. The van der Waals surface area contributed by atoms with Crippen molar-refractivity contribution >= 4 is 16.0 Å². The van der Waals surface area contributed by atoms with Gasteiger partial charge in [0.1, 0.15) is 10.6 Å². The van der Waals surface area contributed by atoms with E-state index in [0.29, 0.717) is 0 Å². The summed E-state index contributed by atoms with van der Waals surface area (Å²) in [5.74, 6) is -1.14. The fraction of sp³-hybridized carbons (Fsp3) is 0.643. The third-order valence-corrected chi connectivity index (χ3v) is 4.86. The third-order valence-electron chi connectivity index (χ3n) is 3.37. The summed E-state index contributed by atoms with van der Waals surface area (Å²) in [5, 5.41) is 8.99. The number of rotatable bonds is 9. The standard InChI is InChI=1S/C14H24N2O4S/c1-4-6-8-11(7-5-2)15-21(19,20)12-9-13(14(17)18)16(3)10-12/h9-11,15H,4-8H2,1-3H3,(H,17,18). The minimum atomic E-state index is -3.68. The monoisotopic (exact) mass is 316 g/mol. The van der Waals surface area contributed by atoms with Crippen LogP contribution in [0.2, 0.25) is 0 Å². The van der Waals surface area contributed by atoms with E-state index in [4.69, 9.17) is 5.11 Å². The zero-order valence-electron chi connectivity index (χ0n) is 12.8. The number of hydrogen-bond acceptors (Lipinski definition) is 3. The molecule has 0 amide bonds. The van der Waals surface area contributed by atoms with Crippen LogP contribution in [0.3, 0.4) is 0 Å². The van der Waals surface area contributed by atoms with Gasteiger partial charge in [0.05, 0.1) is 0 Å². The molecule has 0 aromatic carbocycles. The Labute approximate surface area is 126 Å². The maximum absolute atomic E-state index is 12.4. The van der Waals surface area contributed by atoms with E-state index in [-0.39, 0.29) is 16.6 Å². The predicted octanol–water partition coefficient (Wildman–Crippen LogP) is 2.36. The lowest BCUT2D eigenvalue weighted by atomic mass is 10.1. The van der Waals surface area contributed by atoms with Crippen molar-refractivity contribution in [3.05, 3.63) is 18.0 Å². The minimum absolute atomic E-state index is 0.00000142. The number of sulfonamides is 1. The number of nitrogens with zero attached hydrogens (tertiary/aromatic N) is 1. The second-order valence-electron chi connectivity index (χ2n) is 5.23. The summed E-state index contributed by atoms with van der Waals surface area (Å²) in [5.41, 5.74) is -0.0454. The van der Waals surface area contributed by atoms with Crippen molar-refractivity contribution in [2.75, 3.05) is 0 Å². The molecule has 21 heavy (non-hydrogen) atoms. The zero-order chi connectivity index (χ0) is 16.0. The van der Waals surface area contributed by atoms with Gasteiger partial charge < -0.3 is 9.67 Å². The molecule has 0 radical (unpaired) electrons. The molecule has 0 aliphatic carbocycles. The minimum Gasteiger partial charge on any atom is -0.477 e. The highest BCUT2D eigenvalue weighted by molar-refractivity contribution is 7.89. The number of carboxylic acid groups (broad SMARTS) is 1. The highest BCUT2D eigenvalue weighted by atomic mass is 32.2. The average molecular weight is 316 g/mol. The zero-order valence-corrected chi connectivity index (χ0v) is 13.6. The van der Waals surface area contributed by atoms with E-state index in [1.165, 1.54) is 23.9 Å². The molecule has 6 nitrogen and oxygen atoms in total. The molecule has 1 rings (SSSR count). The Hall–Kier alpha value is -1.34. The van der Waals surface area contributed by atoms with Crippen LogP contribution in [0.25, 0.3) is 0 Å². The highest BCUT2D eigenvalue weighted by Gasteiger charge is 2.23. The fourth-order valence-electron chi connectivity index (χ4n) is 2.24. The second-order valence-corrected chi connectivity index (χ2v) is 6.94. The quantitative estimate of drug-likeness (QED) is 0.732. The Balaban J connectivity index is 2.93. The van der Waals surface area contributed by atoms with Crippen molar-refractivity contribution in [3.8, 4) is 0 Å². The van der Waals surface area contributed by atoms with Gasteiger partial charge in [0.25, 0.3) is 0 Å². The second kappa shape index (κ2) is 7.61. The van der Waals surface area contributed by atoms with Gasteiger partial charge in [0.2, 0.25) is 10.0 Å². The van der Waals surface area contributed by atoms with Crippen LogP contribution in [-0.2, 0) is 17.1 Å². The maximum atomic E-state index is 12.4. The Kier molecular flexibility index (Phi) is 6.42. The fourth-order valence-corrected chi connectivity index (χ4v) is 3.62.